The van der Waals surface area contributed by atoms with Crippen molar-refractivity contribution in [3.8, 4) is 5.75 Å². The Balaban J connectivity index is 1.61. The zero-order valence-corrected chi connectivity index (χ0v) is 15.3. The van der Waals surface area contributed by atoms with Crippen molar-refractivity contribution >= 4 is 35.1 Å². The molecular weight excluding hydrogens is 358 g/mol. The quantitative estimate of drug-likeness (QED) is 0.793. The van der Waals surface area contributed by atoms with Gasteiger partial charge in [-0.2, -0.15) is 0 Å². The monoisotopic (exact) mass is 375 g/mol. The van der Waals surface area contributed by atoms with E-state index in [2.05, 4.69) is 5.32 Å². The number of benzene rings is 2. The smallest absolute Gasteiger partial charge is 0.258 e. The van der Waals surface area contributed by atoms with Gasteiger partial charge >= 0.3 is 0 Å². The lowest BCUT2D eigenvalue weighted by Crippen LogP contribution is -2.34. The molecule has 1 aliphatic rings. The third kappa shape index (κ3) is 4.55. The minimum Gasteiger partial charge on any atom is -0.484 e. The van der Waals surface area contributed by atoms with Crippen LogP contribution >= 0.6 is 23.4 Å². The molecule has 25 heavy (non-hydrogen) atoms. The van der Waals surface area contributed by atoms with Gasteiger partial charge < -0.3 is 10.1 Å². The first-order chi connectivity index (χ1) is 12.0. The molecule has 2 aromatic rings. The van der Waals surface area contributed by atoms with Gasteiger partial charge in [0.25, 0.3) is 5.91 Å². The highest BCUT2D eigenvalue weighted by atomic mass is 35.5. The highest BCUT2D eigenvalue weighted by Gasteiger charge is 2.22. The Kier molecular flexibility index (Phi) is 5.66. The number of rotatable bonds is 5. The SMILES string of the molecule is CC(=O)c1cccc(OCC(=O)N[C@@H]2CCSc3ccc(Cl)cc32)c1. The minimum atomic E-state index is -0.198. The maximum absolute atomic E-state index is 12.3. The van der Waals surface area contributed by atoms with Gasteiger partial charge in [0, 0.05) is 21.2 Å². The molecule has 1 atom stereocenters. The molecular formula is C19H18ClNO3S. The van der Waals surface area contributed by atoms with E-state index < -0.39 is 0 Å². The lowest BCUT2D eigenvalue weighted by Gasteiger charge is -2.26. The predicted molar refractivity (Wildman–Crippen MR) is 99.6 cm³/mol. The molecule has 0 radical (unpaired) electrons. The van der Waals surface area contributed by atoms with Gasteiger partial charge in [-0.15, -0.1) is 11.8 Å². The number of halogens is 1. The standard InChI is InChI=1S/C19H18ClNO3S/c1-12(22)13-3-2-4-15(9-13)24-11-19(23)21-17-7-8-25-18-6-5-14(20)10-16(17)18/h2-6,9-10,17H,7-8,11H2,1H3,(H,21,23)/t17-/m1/s1. The lowest BCUT2D eigenvalue weighted by molar-refractivity contribution is -0.123. The van der Waals surface area contributed by atoms with E-state index in [0.717, 1.165) is 22.6 Å². The number of hydrogen-bond donors (Lipinski definition) is 1. The molecule has 0 aromatic heterocycles. The van der Waals surface area contributed by atoms with Gasteiger partial charge in [-0.05, 0) is 49.2 Å². The largest absolute Gasteiger partial charge is 0.484 e. The fourth-order valence-electron chi connectivity index (χ4n) is 2.70. The second-order valence-electron chi connectivity index (χ2n) is 5.81. The van der Waals surface area contributed by atoms with Gasteiger partial charge in [-0.3, -0.25) is 9.59 Å². The number of Topliss-reactive ketones (excluding diaryl/α,β-unsaturated/α-hetero) is 1. The summed E-state index contributed by atoms with van der Waals surface area (Å²) < 4.78 is 5.52. The number of fused-ring (bicyclic) bond motifs is 1. The zero-order chi connectivity index (χ0) is 17.8. The number of amides is 1. The Bertz CT molecular complexity index is 809. The summed E-state index contributed by atoms with van der Waals surface area (Å²) in [4.78, 5) is 24.8. The van der Waals surface area contributed by atoms with Crippen LogP contribution in [0.25, 0.3) is 0 Å². The molecule has 1 N–H and O–H groups in total. The highest BCUT2D eigenvalue weighted by Crippen LogP contribution is 2.37. The van der Waals surface area contributed by atoms with Crippen LogP contribution in [0.2, 0.25) is 5.02 Å². The van der Waals surface area contributed by atoms with Gasteiger partial charge in [-0.1, -0.05) is 23.7 Å². The number of carbonyl (C=O) groups excluding carboxylic acids is 2. The van der Waals surface area contributed by atoms with Crippen LogP contribution < -0.4 is 10.1 Å². The molecule has 0 saturated carbocycles. The van der Waals surface area contributed by atoms with Gasteiger partial charge in [0.15, 0.2) is 12.4 Å². The van der Waals surface area contributed by atoms with Crippen LogP contribution in [0.15, 0.2) is 47.4 Å². The molecule has 4 nitrogen and oxygen atoms in total. The van der Waals surface area contributed by atoms with E-state index >= 15 is 0 Å². The molecule has 0 unspecified atom stereocenters. The number of carbonyl (C=O) groups is 2. The van der Waals surface area contributed by atoms with E-state index in [1.54, 1.807) is 36.0 Å². The number of ketones is 1. The second kappa shape index (κ2) is 7.93. The summed E-state index contributed by atoms with van der Waals surface area (Å²) in [5.74, 6) is 1.21. The van der Waals surface area contributed by atoms with Crippen molar-refractivity contribution in [2.75, 3.05) is 12.4 Å². The molecule has 0 spiro atoms. The Hall–Kier alpha value is -1.98. The summed E-state index contributed by atoms with van der Waals surface area (Å²) in [6, 6.07) is 12.5. The third-order valence-corrected chi connectivity index (χ3v) is 5.31. The van der Waals surface area contributed by atoms with Crippen LogP contribution in [0.4, 0.5) is 0 Å². The first-order valence-corrected chi connectivity index (χ1v) is 9.34. The minimum absolute atomic E-state index is 0.0388. The molecule has 0 bridgehead atoms. The van der Waals surface area contributed by atoms with Crippen molar-refractivity contribution in [3.05, 3.63) is 58.6 Å². The van der Waals surface area contributed by atoms with Gasteiger partial charge in [0.1, 0.15) is 5.75 Å². The summed E-state index contributed by atoms with van der Waals surface area (Å²) in [6.45, 7) is 1.40. The van der Waals surface area contributed by atoms with Crippen LogP contribution in [0.5, 0.6) is 5.75 Å². The first kappa shape index (κ1) is 17.8. The fraction of sp³-hybridized carbons (Fsp3) is 0.263. The van der Waals surface area contributed by atoms with Crippen molar-refractivity contribution in [1.82, 2.24) is 5.32 Å². The van der Waals surface area contributed by atoms with Gasteiger partial charge in [-0.25, -0.2) is 0 Å². The Labute approximate surface area is 155 Å². The summed E-state index contributed by atoms with van der Waals surface area (Å²) in [5.41, 5.74) is 1.61. The number of ether oxygens (including phenoxy) is 1. The number of hydrogen-bond acceptors (Lipinski definition) is 4. The highest BCUT2D eigenvalue weighted by molar-refractivity contribution is 7.99. The molecule has 2 aromatic carbocycles. The van der Waals surface area contributed by atoms with Gasteiger partial charge in [0.05, 0.1) is 6.04 Å². The van der Waals surface area contributed by atoms with Crippen molar-refractivity contribution in [2.24, 2.45) is 0 Å². The number of thioether (sulfide) groups is 1. The van der Waals surface area contributed by atoms with E-state index in [1.807, 2.05) is 18.2 Å². The van der Waals surface area contributed by atoms with Crippen molar-refractivity contribution in [3.63, 3.8) is 0 Å². The fourth-order valence-corrected chi connectivity index (χ4v) is 3.99. The van der Waals surface area contributed by atoms with E-state index in [-0.39, 0.29) is 24.3 Å². The molecule has 0 fully saturated rings. The third-order valence-electron chi connectivity index (χ3n) is 3.96. The van der Waals surface area contributed by atoms with E-state index in [4.69, 9.17) is 16.3 Å². The molecule has 0 aliphatic carbocycles. The molecule has 1 amide bonds. The summed E-state index contributed by atoms with van der Waals surface area (Å²) in [5, 5.41) is 3.67. The van der Waals surface area contributed by atoms with Crippen LogP contribution in [0.3, 0.4) is 0 Å². The van der Waals surface area contributed by atoms with E-state index in [9.17, 15) is 9.59 Å². The number of nitrogens with one attached hydrogen (secondary N) is 1. The Morgan fingerprint density at radius 2 is 2.12 bits per heavy atom. The van der Waals surface area contributed by atoms with Crippen LogP contribution in [0.1, 0.15) is 35.3 Å². The van der Waals surface area contributed by atoms with Crippen LogP contribution in [-0.2, 0) is 4.79 Å². The van der Waals surface area contributed by atoms with Crippen LogP contribution in [0, 0.1) is 0 Å². The van der Waals surface area contributed by atoms with E-state index in [0.29, 0.717) is 16.3 Å². The Morgan fingerprint density at radius 3 is 2.92 bits per heavy atom. The normalized spacial score (nSPS) is 16.0. The molecule has 6 heteroatoms. The molecule has 0 saturated heterocycles. The molecule has 3 rings (SSSR count). The average Bonchev–Trinajstić information content (AvgIpc) is 2.61. The van der Waals surface area contributed by atoms with Crippen molar-refractivity contribution in [2.45, 2.75) is 24.3 Å². The van der Waals surface area contributed by atoms with Crippen LogP contribution in [-0.4, -0.2) is 24.1 Å². The van der Waals surface area contributed by atoms with Crippen molar-refractivity contribution < 1.29 is 14.3 Å². The maximum atomic E-state index is 12.3. The molecule has 1 aliphatic heterocycles. The lowest BCUT2D eigenvalue weighted by atomic mass is 10.0. The maximum Gasteiger partial charge on any atom is 0.258 e. The predicted octanol–water partition coefficient (Wildman–Crippen LogP) is 4.27. The first-order valence-electron chi connectivity index (χ1n) is 7.98. The summed E-state index contributed by atoms with van der Waals surface area (Å²) in [7, 11) is 0. The van der Waals surface area contributed by atoms with Crippen molar-refractivity contribution in [1.29, 1.82) is 0 Å². The average molecular weight is 376 g/mol. The summed E-state index contributed by atoms with van der Waals surface area (Å²) >= 11 is 7.86. The van der Waals surface area contributed by atoms with Gasteiger partial charge in [0.2, 0.25) is 0 Å². The molecule has 130 valence electrons. The summed E-state index contributed by atoms with van der Waals surface area (Å²) in [6.07, 6.45) is 0.851. The topological polar surface area (TPSA) is 55.4 Å². The second-order valence-corrected chi connectivity index (χ2v) is 7.39. The zero-order valence-electron chi connectivity index (χ0n) is 13.8. The van der Waals surface area contributed by atoms with E-state index in [1.165, 1.54) is 6.92 Å². The Morgan fingerprint density at radius 1 is 1.28 bits per heavy atom. The molecule has 1 heterocycles.